The molecule has 53 heavy (non-hydrogen) atoms. The Bertz CT molecular complexity index is 2890. The van der Waals surface area contributed by atoms with Crippen molar-refractivity contribution in [1.29, 1.82) is 0 Å². The topological polar surface area (TPSA) is 51.8 Å². The largest absolute Gasteiger partial charge is 0.460 e. The highest BCUT2D eigenvalue weighted by atomic mass is 16.3. The van der Waals surface area contributed by atoms with Crippen LogP contribution in [0.2, 0.25) is 0 Å². The second-order valence-corrected chi connectivity index (χ2v) is 13.8. The SMILES string of the molecule is C1=C(c2nc(-c3ccccc3)nc(-c3ccc(-c4ccccc4)cc3)n2)c2c(oc3ccc(-c4ccc5c6c(cccc46)-c4ccccc4-5)cc23)CC1. The van der Waals surface area contributed by atoms with Crippen molar-refractivity contribution in [3.05, 3.63) is 181 Å². The summed E-state index contributed by atoms with van der Waals surface area (Å²) in [5, 5.41) is 3.66. The van der Waals surface area contributed by atoms with Crippen molar-refractivity contribution >= 4 is 27.3 Å². The van der Waals surface area contributed by atoms with Gasteiger partial charge in [-0.05, 0) is 73.8 Å². The number of rotatable bonds is 5. The van der Waals surface area contributed by atoms with Gasteiger partial charge in [-0.25, -0.2) is 15.0 Å². The average Bonchev–Trinajstić information content (AvgIpc) is 3.78. The Morgan fingerprint density at radius 2 is 0.981 bits per heavy atom. The van der Waals surface area contributed by atoms with E-state index >= 15 is 0 Å². The number of aromatic nitrogens is 3. The van der Waals surface area contributed by atoms with E-state index in [1.807, 2.05) is 24.3 Å². The monoisotopic (exact) mass is 677 g/mol. The van der Waals surface area contributed by atoms with Gasteiger partial charge in [0.15, 0.2) is 17.5 Å². The quantitative estimate of drug-likeness (QED) is 0.182. The van der Waals surface area contributed by atoms with Gasteiger partial charge in [-0.15, -0.1) is 0 Å². The first-order chi connectivity index (χ1) is 26.3. The van der Waals surface area contributed by atoms with E-state index < -0.39 is 0 Å². The van der Waals surface area contributed by atoms with E-state index in [1.54, 1.807) is 0 Å². The first-order valence-electron chi connectivity index (χ1n) is 18.2. The molecular weight excluding hydrogens is 647 g/mol. The zero-order chi connectivity index (χ0) is 34.9. The zero-order valence-corrected chi connectivity index (χ0v) is 28.8. The van der Waals surface area contributed by atoms with Crippen molar-refractivity contribution in [3.8, 4) is 67.3 Å². The Labute approximate surface area is 306 Å². The third-order valence-corrected chi connectivity index (χ3v) is 10.8. The molecule has 0 spiro atoms. The minimum atomic E-state index is 0.642. The second-order valence-electron chi connectivity index (χ2n) is 13.8. The Hall–Kier alpha value is -6.91. The predicted octanol–water partition coefficient (Wildman–Crippen LogP) is 12.5. The minimum Gasteiger partial charge on any atom is -0.460 e. The Balaban J connectivity index is 1.05. The number of hydrogen-bond acceptors (Lipinski definition) is 4. The molecule has 0 N–H and O–H groups in total. The van der Waals surface area contributed by atoms with E-state index in [1.165, 1.54) is 44.2 Å². The average molecular weight is 678 g/mol. The van der Waals surface area contributed by atoms with E-state index in [4.69, 9.17) is 19.4 Å². The molecule has 4 heteroatoms. The van der Waals surface area contributed by atoms with Crippen LogP contribution < -0.4 is 0 Å². The van der Waals surface area contributed by atoms with Crippen LogP contribution >= 0.6 is 0 Å². The maximum Gasteiger partial charge on any atom is 0.164 e. The maximum atomic E-state index is 6.58. The van der Waals surface area contributed by atoms with E-state index in [9.17, 15) is 0 Å². The molecule has 2 heterocycles. The number of aryl methyl sites for hydroxylation is 1. The molecule has 0 amide bonds. The molecular formula is C49H31N3O. The second kappa shape index (κ2) is 11.8. The molecule has 248 valence electrons. The van der Waals surface area contributed by atoms with E-state index in [0.717, 1.165) is 63.0 Å². The van der Waals surface area contributed by atoms with Crippen LogP contribution in [-0.2, 0) is 6.42 Å². The molecule has 0 fully saturated rings. The summed E-state index contributed by atoms with van der Waals surface area (Å²) in [7, 11) is 0. The number of furan rings is 1. The molecule has 2 aliphatic carbocycles. The van der Waals surface area contributed by atoms with E-state index in [-0.39, 0.29) is 0 Å². The van der Waals surface area contributed by atoms with E-state index in [2.05, 4.69) is 140 Å². The van der Waals surface area contributed by atoms with Crippen LogP contribution in [-0.4, -0.2) is 15.0 Å². The lowest BCUT2D eigenvalue weighted by Gasteiger charge is -2.15. The molecule has 0 bridgehead atoms. The van der Waals surface area contributed by atoms with Gasteiger partial charge >= 0.3 is 0 Å². The smallest absolute Gasteiger partial charge is 0.164 e. The normalized spacial score (nSPS) is 12.9. The van der Waals surface area contributed by atoms with Crippen LogP contribution in [0.3, 0.4) is 0 Å². The van der Waals surface area contributed by atoms with Crippen LogP contribution in [0.15, 0.2) is 168 Å². The van der Waals surface area contributed by atoms with Gasteiger partial charge in [0.05, 0.1) is 0 Å². The van der Waals surface area contributed by atoms with Crippen LogP contribution in [0.4, 0.5) is 0 Å². The van der Waals surface area contributed by atoms with Gasteiger partial charge < -0.3 is 4.42 Å². The maximum absolute atomic E-state index is 6.58. The van der Waals surface area contributed by atoms with Crippen molar-refractivity contribution in [3.63, 3.8) is 0 Å². The molecule has 4 nitrogen and oxygen atoms in total. The fourth-order valence-corrected chi connectivity index (χ4v) is 8.28. The Morgan fingerprint density at radius 3 is 1.74 bits per heavy atom. The predicted molar refractivity (Wildman–Crippen MR) is 215 cm³/mol. The summed E-state index contributed by atoms with van der Waals surface area (Å²) in [6, 6.07) is 55.7. The van der Waals surface area contributed by atoms with Crippen molar-refractivity contribution in [2.45, 2.75) is 12.8 Å². The number of allylic oxidation sites excluding steroid dienone is 1. The number of benzene rings is 7. The summed E-state index contributed by atoms with van der Waals surface area (Å²) < 4.78 is 6.58. The van der Waals surface area contributed by atoms with Crippen LogP contribution in [0.25, 0.3) is 94.6 Å². The fraction of sp³-hybridized carbons (Fsp3) is 0.0408. The standard InChI is InChI=1S/C49H31N3O/c1-3-11-30(12-4-1)31-21-23-33(24-22-31)48-50-47(32-13-5-2-6-14-32)51-49(52-48)41-19-10-20-44-46(41)42-29-34(25-28-43(42)53-44)35-26-27-40-37-16-8-7-15-36(37)39-18-9-17-38(35)45(39)40/h1-9,11-19,21-29H,10,20H2. The summed E-state index contributed by atoms with van der Waals surface area (Å²) in [5.41, 5.74) is 14.7. The summed E-state index contributed by atoms with van der Waals surface area (Å²) in [5.74, 6) is 2.91. The van der Waals surface area contributed by atoms with E-state index in [0.29, 0.717) is 17.5 Å². The summed E-state index contributed by atoms with van der Waals surface area (Å²) in [4.78, 5) is 15.3. The molecule has 0 saturated heterocycles. The van der Waals surface area contributed by atoms with Crippen LogP contribution in [0.1, 0.15) is 23.6 Å². The molecule has 0 saturated carbocycles. The lowest BCUT2D eigenvalue weighted by atomic mass is 9.90. The fourth-order valence-electron chi connectivity index (χ4n) is 8.28. The Morgan fingerprint density at radius 1 is 0.415 bits per heavy atom. The van der Waals surface area contributed by atoms with Gasteiger partial charge in [0.1, 0.15) is 11.3 Å². The third kappa shape index (κ3) is 4.80. The number of fused-ring (bicyclic) bond motifs is 6. The highest BCUT2D eigenvalue weighted by molar-refractivity contribution is 6.19. The lowest BCUT2D eigenvalue weighted by Crippen LogP contribution is -2.06. The highest BCUT2D eigenvalue weighted by Gasteiger charge is 2.27. The van der Waals surface area contributed by atoms with Crippen molar-refractivity contribution in [2.75, 3.05) is 0 Å². The highest BCUT2D eigenvalue weighted by Crippen LogP contribution is 2.49. The van der Waals surface area contributed by atoms with Gasteiger partial charge in [0.25, 0.3) is 0 Å². The van der Waals surface area contributed by atoms with Gasteiger partial charge in [0, 0.05) is 34.1 Å². The van der Waals surface area contributed by atoms with Gasteiger partial charge in [-0.2, -0.15) is 0 Å². The van der Waals surface area contributed by atoms with Gasteiger partial charge in [-0.3, -0.25) is 0 Å². The summed E-state index contributed by atoms with van der Waals surface area (Å²) >= 11 is 0. The van der Waals surface area contributed by atoms with Crippen molar-refractivity contribution in [2.24, 2.45) is 0 Å². The first kappa shape index (κ1) is 29.8. The lowest BCUT2D eigenvalue weighted by molar-refractivity contribution is 0.545. The van der Waals surface area contributed by atoms with Crippen LogP contribution in [0.5, 0.6) is 0 Å². The number of hydrogen-bond donors (Lipinski definition) is 0. The minimum absolute atomic E-state index is 0.642. The molecule has 11 rings (SSSR count). The van der Waals surface area contributed by atoms with Crippen LogP contribution in [0, 0.1) is 0 Å². The summed E-state index contributed by atoms with van der Waals surface area (Å²) in [6.45, 7) is 0. The molecule has 0 aliphatic heterocycles. The van der Waals surface area contributed by atoms with Gasteiger partial charge in [-0.1, -0.05) is 152 Å². The number of nitrogens with zero attached hydrogens (tertiary/aromatic N) is 3. The molecule has 9 aromatic rings. The molecule has 0 unspecified atom stereocenters. The molecule has 2 aromatic heterocycles. The molecule has 7 aromatic carbocycles. The molecule has 0 radical (unpaired) electrons. The Kier molecular flexibility index (Phi) is 6.65. The van der Waals surface area contributed by atoms with Crippen molar-refractivity contribution in [1.82, 2.24) is 15.0 Å². The molecule has 2 aliphatic rings. The van der Waals surface area contributed by atoms with Gasteiger partial charge in [0.2, 0.25) is 0 Å². The first-order valence-corrected chi connectivity index (χ1v) is 18.2. The summed E-state index contributed by atoms with van der Waals surface area (Å²) in [6.07, 6.45) is 3.94. The molecule has 0 atom stereocenters. The third-order valence-electron chi connectivity index (χ3n) is 10.8. The van der Waals surface area contributed by atoms with Crippen molar-refractivity contribution < 1.29 is 4.42 Å². The zero-order valence-electron chi connectivity index (χ0n) is 28.8.